The summed E-state index contributed by atoms with van der Waals surface area (Å²) in [6, 6.07) is 14.1. The number of benzene rings is 1. The Balaban J connectivity index is 1.58. The van der Waals surface area contributed by atoms with Gasteiger partial charge in [0.25, 0.3) is 5.91 Å². The summed E-state index contributed by atoms with van der Waals surface area (Å²) in [5.41, 5.74) is 2.79. The lowest BCUT2D eigenvalue weighted by atomic mass is 10.1. The van der Waals surface area contributed by atoms with E-state index in [1.165, 1.54) is 31.0 Å². The zero-order valence-corrected chi connectivity index (χ0v) is 19.9. The monoisotopic (exact) mass is 467 g/mol. The molecule has 1 aliphatic heterocycles. The van der Waals surface area contributed by atoms with Gasteiger partial charge in [-0.15, -0.1) is 11.3 Å². The largest absolute Gasteiger partial charge is 0.293 e. The maximum absolute atomic E-state index is 13.0. The summed E-state index contributed by atoms with van der Waals surface area (Å²) in [7, 11) is 0. The number of para-hydroxylation sites is 1. The zero-order valence-electron chi connectivity index (χ0n) is 17.5. The first-order valence-corrected chi connectivity index (χ1v) is 12.7. The highest BCUT2D eigenvalue weighted by molar-refractivity contribution is 8.26. The maximum Gasteiger partial charge on any atom is 0.266 e. The summed E-state index contributed by atoms with van der Waals surface area (Å²) in [6.45, 7) is 2.91. The van der Waals surface area contributed by atoms with E-state index in [2.05, 4.69) is 13.0 Å². The lowest BCUT2D eigenvalue weighted by Gasteiger charge is -2.13. The molecule has 4 rings (SSSR count). The number of thioether (sulfide) groups is 1. The molecule has 4 nitrogen and oxygen atoms in total. The average molecular weight is 468 g/mol. The van der Waals surface area contributed by atoms with Crippen molar-refractivity contribution in [1.29, 1.82) is 0 Å². The molecule has 160 valence electrons. The van der Waals surface area contributed by atoms with Gasteiger partial charge in [-0.2, -0.15) is 5.10 Å². The minimum Gasteiger partial charge on any atom is -0.293 e. The van der Waals surface area contributed by atoms with Crippen LogP contribution >= 0.6 is 35.3 Å². The van der Waals surface area contributed by atoms with Gasteiger partial charge in [0.2, 0.25) is 0 Å². The first-order valence-electron chi connectivity index (χ1n) is 10.6. The minimum atomic E-state index is 0.00934. The van der Waals surface area contributed by atoms with Crippen molar-refractivity contribution in [2.75, 3.05) is 6.54 Å². The maximum atomic E-state index is 13.0. The van der Waals surface area contributed by atoms with E-state index in [4.69, 9.17) is 17.3 Å². The molecule has 31 heavy (non-hydrogen) atoms. The first kappa shape index (κ1) is 22.0. The number of thiophene rings is 1. The third kappa shape index (κ3) is 5.17. The van der Waals surface area contributed by atoms with Crippen molar-refractivity contribution in [3.63, 3.8) is 0 Å². The second kappa shape index (κ2) is 10.4. The highest BCUT2D eigenvalue weighted by Crippen LogP contribution is 2.36. The van der Waals surface area contributed by atoms with Crippen LogP contribution in [0, 0.1) is 0 Å². The third-order valence-corrected chi connectivity index (χ3v) is 7.42. The molecule has 0 saturated carbocycles. The van der Waals surface area contributed by atoms with Crippen LogP contribution in [0.15, 0.2) is 58.9 Å². The Kier molecular flexibility index (Phi) is 7.37. The molecule has 7 heteroatoms. The van der Waals surface area contributed by atoms with Crippen molar-refractivity contribution >= 4 is 51.6 Å². The number of amides is 1. The Labute approximate surface area is 197 Å². The number of carbonyl (C=O) groups is 1. The molecule has 1 aromatic carbocycles. The van der Waals surface area contributed by atoms with Crippen LogP contribution in [0.3, 0.4) is 0 Å². The van der Waals surface area contributed by atoms with E-state index >= 15 is 0 Å². The van der Waals surface area contributed by atoms with Crippen molar-refractivity contribution in [3.8, 4) is 16.3 Å². The number of hydrogen-bond donors (Lipinski definition) is 0. The van der Waals surface area contributed by atoms with E-state index < -0.39 is 0 Å². The summed E-state index contributed by atoms with van der Waals surface area (Å²) in [5.74, 6) is 0.00934. The van der Waals surface area contributed by atoms with E-state index in [0.29, 0.717) is 15.8 Å². The zero-order chi connectivity index (χ0) is 21.6. The third-order valence-electron chi connectivity index (χ3n) is 5.16. The van der Waals surface area contributed by atoms with Gasteiger partial charge in [-0.05, 0) is 36.1 Å². The molecule has 0 radical (unpaired) electrons. The Morgan fingerprint density at radius 1 is 1.06 bits per heavy atom. The van der Waals surface area contributed by atoms with Crippen molar-refractivity contribution < 1.29 is 4.79 Å². The van der Waals surface area contributed by atoms with Gasteiger partial charge in [-0.3, -0.25) is 9.69 Å². The van der Waals surface area contributed by atoms with Crippen LogP contribution < -0.4 is 0 Å². The molecule has 1 fully saturated rings. The Morgan fingerprint density at radius 2 is 1.87 bits per heavy atom. The second-order valence-corrected chi connectivity index (χ2v) is 10.1. The van der Waals surface area contributed by atoms with Crippen LogP contribution in [-0.2, 0) is 4.79 Å². The highest BCUT2D eigenvalue weighted by Gasteiger charge is 2.32. The Morgan fingerprint density at radius 3 is 2.61 bits per heavy atom. The van der Waals surface area contributed by atoms with Gasteiger partial charge in [-0.25, -0.2) is 4.68 Å². The number of unbranched alkanes of at least 4 members (excludes halogenated alkanes) is 4. The average Bonchev–Trinajstić information content (AvgIpc) is 3.50. The van der Waals surface area contributed by atoms with Crippen LogP contribution in [0.5, 0.6) is 0 Å². The fourth-order valence-electron chi connectivity index (χ4n) is 3.52. The molecule has 3 aromatic rings. The fourth-order valence-corrected chi connectivity index (χ4v) is 5.55. The molecular formula is C24H25N3OS3. The van der Waals surface area contributed by atoms with Crippen molar-refractivity contribution in [3.05, 3.63) is 64.5 Å². The van der Waals surface area contributed by atoms with Gasteiger partial charge in [0.15, 0.2) is 0 Å². The second-order valence-electron chi connectivity index (χ2n) is 7.44. The number of hydrogen-bond acceptors (Lipinski definition) is 5. The van der Waals surface area contributed by atoms with E-state index in [1.807, 2.05) is 58.7 Å². The van der Waals surface area contributed by atoms with Crippen LogP contribution in [0.4, 0.5) is 0 Å². The molecule has 1 amide bonds. The highest BCUT2D eigenvalue weighted by atomic mass is 32.2. The van der Waals surface area contributed by atoms with E-state index in [-0.39, 0.29) is 5.91 Å². The van der Waals surface area contributed by atoms with Gasteiger partial charge >= 0.3 is 0 Å². The van der Waals surface area contributed by atoms with E-state index in [0.717, 1.165) is 34.7 Å². The van der Waals surface area contributed by atoms with Gasteiger partial charge in [-0.1, -0.05) is 80.9 Å². The number of nitrogens with zero attached hydrogens (tertiary/aromatic N) is 3. The summed E-state index contributed by atoms with van der Waals surface area (Å²) in [6.07, 6.45) is 9.73. The lowest BCUT2D eigenvalue weighted by molar-refractivity contribution is -0.122. The van der Waals surface area contributed by atoms with Gasteiger partial charge in [0.1, 0.15) is 10.0 Å². The lowest BCUT2D eigenvalue weighted by Crippen LogP contribution is -2.29. The van der Waals surface area contributed by atoms with Crippen molar-refractivity contribution in [2.45, 2.75) is 39.0 Å². The predicted octanol–water partition coefficient (Wildman–Crippen LogP) is 6.77. The first-order chi connectivity index (χ1) is 15.2. The molecule has 0 unspecified atom stereocenters. The molecule has 3 heterocycles. The number of thiocarbonyl (C=S) groups is 1. The van der Waals surface area contributed by atoms with Gasteiger partial charge in [0, 0.05) is 18.3 Å². The topological polar surface area (TPSA) is 38.1 Å². The van der Waals surface area contributed by atoms with Crippen LogP contribution in [0.2, 0.25) is 0 Å². The van der Waals surface area contributed by atoms with Crippen LogP contribution in [0.25, 0.3) is 22.3 Å². The van der Waals surface area contributed by atoms with E-state index in [1.54, 1.807) is 16.2 Å². The number of rotatable bonds is 9. The normalized spacial score (nSPS) is 15.4. The summed E-state index contributed by atoms with van der Waals surface area (Å²) < 4.78 is 2.52. The van der Waals surface area contributed by atoms with Gasteiger partial charge in [0.05, 0.1) is 15.5 Å². The molecule has 0 aliphatic carbocycles. The Bertz CT molecular complexity index is 1070. The van der Waals surface area contributed by atoms with Crippen molar-refractivity contribution in [2.24, 2.45) is 0 Å². The molecule has 2 aromatic heterocycles. The molecule has 0 N–H and O–H groups in total. The molecule has 0 atom stereocenters. The quantitative estimate of drug-likeness (QED) is 0.198. The summed E-state index contributed by atoms with van der Waals surface area (Å²) in [5, 5.41) is 6.86. The summed E-state index contributed by atoms with van der Waals surface area (Å²) in [4.78, 5) is 16.5. The summed E-state index contributed by atoms with van der Waals surface area (Å²) >= 11 is 8.55. The standard InChI is InChI=1S/C24H25N3OS3/c1-2-3-4-5-9-14-26-23(28)21(31-24(26)29)16-18-17-27(19-11-7-6-8-12-19)25-22(18)20-13-10-15-30-20/h6-8,10-13,15-17H,2-5,9,14H2,1H3/b21-16-. The fraction of sp³-hybridized carbons (Fsp3) is 0.292. The van der Waals surface area contributed by atoms with Crippen molar-refractivity contribution in [1.82, 2.24) is 14.7 Å². The van der Waals surface area contributed by atoms with E-state index in [9.17, 15) is 4.79 Å². The molecule has 1 saturated heterocycles. The molecule has 0 bridgehead atoms. The van der Waals surface area contributed by atoms with Gasteiger partial charge < -0.3 is 0 Å². The number of aromatic nitrogens is 2. The minimum absolute atomic E-state index is 0.00934. The van der Waals surface area contributed by atoms with Crippen LogP contribution in [-0.4, -0.2) is 31.5 Å². The van der Waals surface area contributed by atoms with Crippen LogP contribution in [0.1, 0.15) is 44.6 Å². The predicted molar refractivity (Wildman–Crippen MR) is 136 cm³/mol. The molecule has 0 spiro atoms. The molecule has 1 aliphatic rings. The SMILES string of the molecule is CCCCCCCN1C(=O)/C(=C/c2cn(-c3ccccc3)nc2-c2cccs2)SC1=S. The Hall–Kier alpha value is -2.22. The number of carbonyl (C=O) groups excluding carboxylic acids is 1. The molecular weight excluding hydrogens is 442 g/mol. The smallest absolute Gasteiger partial charge is 0.266 e.